The van der Waals surface area contributed by atoms with Gasteiger partial charge < -0.3 is 21.1 Å². The molecule has 1 aliphatic rings. The van der Waals surface area contributed by atoms with Crippen LogP contribution in [0.2, 0.25) is 0 Å². The Kier molecular flexibility index (Phi) is 6.85. The van der Waals surface area contributed by atoms with Crippen molar-refractivity contribution in [3.8, 4) is 28.3 Å². The average Bonchev–Trinajstić information content (AvgIpc) is 2.90. The van der Waals surface area contributed by atoms with Gasteiger partial charge in [-0.25, -0.2) is 13.6 Å². The van der Waals surface area contributed by atoms with E-state index in [0.29, 0.717) is 46.4 Å². The maximum atomic E-state index is 14.2. The molecular weight excluding hydrogens is 490 g/mol. The molecule has 0 saturated carbocycles. The van der Waals surface area contributed by atoms with E-state index in [1.54, 1.807) is 12.4 Å². The second-order valence-corrected chi connectivity index (χ2v) is 9.22. The molecule has 1 aliphatic heterocycles. The summed E-state index contributed by atoms with van der Waals surface area (Å²) in [6.45, 7) is 1.25. The second-order valence-electron chi connectivity index (χ2n) is 9.22. The molecule has 0 unspecified atom stereocenters. The summed E-state index contributed by atoms with van der Waals surface area (Å²) in [4.78, 5) is 22.1. The molecule has 2 aromatic heterocycles. The van der Waals surface area contributed by atoms with Crippen molar-refractivity contribution in [1.29, 1.82) is 5.26 Å². The van der Waals surface area contributed by atoms with Crippen LogP contribution in [0.3, 0.4) is 0 Å². The molecule has 0 atom stereocenters. The van der Waals surface area contributed by atoms with Crippen LogP contribution < -0.4 is 16.0 Å². The number of amides is 1. The van der Waals surface area contributed by atoms with Crippen molar-refractivity contribution in [3.63, 3.8) is 0 Å². The van der Waals surface area contributed by atoms with Gasteiger partial charge in [-0.05, 0) is 48.2 Å². The van der Waals surface area contributed by atoms with Gasteiger partial charge in [0.15, 0.2) is 0 Å². The van der Waals surface area contributed by atoms with E-state index in [1.807, 2.05) is 18.2 Å². The van der Waals surface area contributed by atoms with Crippen molar-refractivity contribution in [2.24, 2.45) is 5.73 Å². The first kappa shape index (κ1) is 25.0. The van der Waals surface area contributed by atoms with Gasteiger partial charge in [0.05, 0.1) is 16.8 Å². The molecule has 192 valence electrons. The Morgan fingerprint density at radius 1 is 1.08 bits per heavy atom. The molecule has 4 N–H and O–H groups in total. The highest BCUT2D eigenvalue weighted by Gasteiger charge is 2.23. The molecule has 5 rings (SSSR count). The van der Waals surface area contributed by atoms with Crippen LogP contribution in [0.25, 0.3) is 33.2 Å². The number of nitrogens with one attached hydrogen (secondary N) is 1. The number of piperidine rings is 1. The first-order chi connectivity index (χ1) is 18.3. The third kappa shape index (κ3) is 4.96. The Morgan fingerprint density at radius 2 is 1.82 bits per heavy atom. The number of halogens is 2. The molecule has 0 spiro atoms. The van der Waals surface area contributed by atoms with Gasteiger partial charge in [-0.2, -0.15) is 5.26 Å². The minimum atomic E-state index is -1.21. The Morgan fingerprint density at radius 3 is 2.50 bits per heavy atom. The van der Waals surface area contributed by atoms with E-state index in [4.69, 9.17) is 10.8 Å². The third-order valence-corrected chi connectivity index (χ3v) is 6.77. The fourth-order valence-electron chi connectivity index (χ4n) is 4.92. The summed E-state index contributed by atoms with van der Waals surface area (Å²) in [5.74, 6) is -1.37. The predicted octanol–water partition coefficient (Wildman–Crippen LogP) is 4.81. The minimum Gasteiger partial charge on any atom is -0.465 e. The molecule has 38 heavy (non-hydrogen) atoms. The van der Waals surface area contributed by atoms with Crippen LogP contribution in [0.1, 0.15) is 24.0 Å². The first-order valence-electron chi connectivity index (χ1n) is 12.1. The van der Waals surface area contributed by atoms with Gasteiger partial charge in [0.25, 0.3) is 0 Å². The van der Waals surface area contributed by atoms with E-state index in [9.17, 15) is 18.8 Å². The van der Waals surface area contributed by atoms with E-state index >= 15 is 0 Å². The van der Waals surface area contributed by atoms with Crippen molar-refractivity contribution in [3.05, 3.63) is 77.8 Å². The number of nitriles is 1. The minimum absolute atomic E-state index is 0.0775. The van der Waals surface area contributed by atoms with Gasteiger partial charge in [-0.15, -0.1) is 0 Å². The van der Waals surface area contributed by atoms with E-state index in [0.717, 1.165) is 30.0 Å². The number of nitrogens with zero attached hydrogens (tertiary/aromatic N) is 4. The largest absolute Gasteiger partial charge is 0.465 e. The number of carboxylic acid groups (broad SMARTS) is 1. The number of aromatic nitrogens is 2. The quantitative estimate of drug-likeness (QED) is 0.349. The molecule has 0 aliphatic carbocycles. The summed E-state index contributed by atoms with van der Waals surface area (Å²) in [6.07, 6.45) is 4.92. The average molecular weight is 515 g/mol. The monoisotopic (exact) mass is 514 g/mol. The zero-order chi connectivity index (χ0) is 26.8. The molecule has 10 heteroatoms. The lowest BCUT2D eigenvalue weighted by atomic mass is 9.94. The summed E-state index contributed by atoms with van der Waals surface area (Å²) in [6, 6.07) is 11.1. The highest BCUT2D eigenvalue weighted by Crippen LogP contribution is 2.40. The van der Waals surface area contributed by atoms with Crippen LogP contribution in [0.15, 0.2) is 55.0 Å². The number of hydrogen-bond acceptors (Lipinski definition) is 6. The SMILES string of the molecule is N#Cc1cncc(-c2ccc3ncc(-c4cc(F)cc(F)c4)c(N4CCC(N)CC4)c3c2)c1CNC(=O)O. The predicted molar refractivity (Wildman–Crippen MR) is 139 cm³/mol. The lowest BCUT2D eigenvalue weighted by Gasteiger charge is -2.34. The molecule has 4 aromatic rings. The summed E-state index contributed by atoms with van der Waals surface area (Å²) in [5.41, 5.74) is 10.6. The van der Waals surface area contributed by atoms with Crippen LogP contribution in [0.5, 0.6) is 0 Å². The van der Waals surface area contributed by atoms with Gasteiger partial charge in [-0.3, -0.25) is 9.97 Å². The summed E-state index contributed by atoms with van der Waals surface area (Å²) in [5, 5.41) is 21.8. The molecule has 8 nitrogen and oxygen atoms in total. The number of benzene rings is 2. The number of nitrogens with two attached hydrogens (primary N) is 1. The number of rotatable bonds is 5. The van der Waals surface area contributed by atoms with Crippen LogP contribution >= 0.6 is 0 Å². The number of anilines is 1. The van der Waals surface area contributed by atoms with Crippen LogP contribution in [0.4, 0.5) is 19.3 Å². The molecule has 0 bridgehead atoms. The van der Waals surface area contributed by atoms with E-state index in [-0.39, 0.29) is 18.2 Å². The zero-order valence-corrected chi connectivity index (χ0v) is 20.3. The molecule has 1 amide bonds. The van der Waals surface area contributed by atoms with Gasteiger partial charge in [-0.1, -0.05) is 6.07 Å². The van der Waals surface area contributed by atoms with Crippen molar-refractivity contribution < 1.29 is 18.7 Å². The van der Waals surface area contributed by atoms with Crippen LogP contribution in [-0.4, -0.2) is 40.3 Å². The highest BCUT2D eigenvalue weighted by atomic mass is 19.1. The zero-order valence-electron chi connectivity index (χ0n) is 20.3. The Hall–Kier alpha value is -4.62. The fraction of sp³-hybridized carbons (Fsp3) is 0.214. The second kappa shape index (κ2) is 10.4. The van der Waals surface area contributed by atoms with E-state index in [2.05, 4.69) is 26.3 Å². The maximum absolute atomic E-state index is 14.2. The molecule has 1 fully saturated rings. The standard InChI is InChI=1S/C28H24F2N6O2/c29-19-7-17(8-20(30)10-19)25-15-34-26-2-1-16(9-22(26)27(25)36-5-3-21(32)4-6-36)23-13-33-12-18(11-31)24(23)14-35-28(37)38/h1-2,7-10,12-13,15,21,35H,3-6,14,32H2,(H,37,38). The third-order valence-electron chi connectivity index (χ3n) is 6.77. The first-order valence-corrected chi connectivity index (χ1v) is 12.1. The van der Waals surface area contributed by atoms with Gasteiger partial charge in [0, 0.05) is 72.4 Å². The van der Waals surface area contributed by atoms with Crippen molar-refractivity contribution >= 4 is 22.7 Å². The summed E-state index contributed by atoms with van der Waals surface area (Å²) < 4.78 is 28.4. The Bertz CT molecular complexity index is 1560. The van der Waals surface area contributed by atoms with Gasteiger partial charge in [0.2, 0.25) is 0 Å². The van der Waals surface area contributed by atoms with Gasteiger partial charge in [0.1, 0.15) is 17.7 Å². The lowest BCUT2D eigenvalue weighted by Crippen LogP contribution is -2.40. The summed E-state index contributed by atoms with van der Waals surface area (Å²) in [7, 11) is 0. The Balaban J connectivity index is 1.73. The molecule has 3 heterocycles. The topological polar surface area (TPSA) is 128 Å². The highest BCUT2D eigenvalue weighted by molar-refractivity contribution is 6.02. The smallest absolute Gasteiger partial charge is 0.404 e. The fourth-order valence-corrected chi connectivity index (χ4v) is 4.92. The Labute approximate surface area is 217 Å². The lowest BCUT2D eigenvalue weighted by molar-refractivity contribution is 0.194. The van der Waals surface area contributed by atoms with Gasteiger partial charge >= 0.3 is 6.09 Å². The van der Waals surface area contributed by atoms with E-state index < -0.39 is 17.7 Å². The van der Waals surface area contributed by atoms with Crippen LogP contribution in [-0.2, 0) is 6.54 Å². The summed E-state index contributed by atoms with van der Waals surface area (Å²) >= 11 is 0. The molecular formula is C28H24F2N6O2. The molecule has 2 aromatic carbocycles. The maximum Gasteiger partial charge on any atom is 0.404 e. The molecule has 1 saturated heterocycles. The number of hydrogen-bond donors (Lipinski definition) is 3. The van der Waals surface area contributed by atoms with Crippen molar-refractivity contribution in [2.45, 2.75) is 25.4 Å². The van der Waals surface area contributed by atoms with Crippen molar-refractivity contribution in [1.82, 2.24) is 15.3 Å². The number of pyridine rings is 2. The molecule has 0 radical (unpaired) electrons. The number of carbonyl (C=O) groups is 1. The number of fused-ring (bicyclic) bond motifs is 1. The van der Waals surface area contributed by atoms with Crippen LogP contribution in [0, 0.1) is 23.0 Å². The van der Waals surface area contributed by atoms with Crippen molar-refractivity contribution in [2.75, 3.05) is 18.0 Å². The van der Waals surface area contributed by atoms with E-state index in [1.165, 1.54) is 18.3 Å². The normalized spacial score (nSPS) is 13.9.